The predicted molar refractivity (Wildman–Crippen MR) is 65.8 cm³/mol. The molecule has 0 aromatic heterocycles. The molecule has 0 radical (unpaired) electrons. The zero-order valence-electron chi connectivity index (χ0n) is 10.0. The number of carbonyl (C=O) groups is 1. The van der Waals surface area contributed by atoms with Crippen molar-refractivity contribution in [3.05, 3.63) is 35.9 Å². The van der Waals surface area contributed by atoms with Crippen molar-refractivity contribution in [1.29, 1.82) is 0 Å². The van der Waals surface area contributed by atoms with Gasteiger partial charge in [0, 0.05) is 13.1 Å². The molecule has 0 fully saturated rings. The summed E-state index contributed by atoms with van der Waals surface area (Å²) in [5.74, 6) is -0.808. The van der Waals surface area contributed by atoms with E-state index in [1.54, 1.807) is 0 Å². The average Bonchev–Trinajstić information content (AvgIpc) is 2.35. The van der Waals surface area contributed by atoms with E-state index in [0.717, 1.165) is 12.1 Å². The Labute approximate surface area is 101 Å². The number of hydrogen-bond donors (Lipinski definition) is 2. The molecule has 0 bridgehead atoms. The lowest BCUT2D eigenvalue weighted by atomic mass is 10.1. The fraction of sp³-hybridized carbons (Fsp3) is 0.462. The Morgan fingerprint density at radius 3 is 2.53 bits per heavy atom. The van der Waals surface area contributed by atoms with Gasteiger partial charge in [0.1, 0.15) is 0 Å². The van der Waals surface area contributed by atoms with E-state index < -0.39 is 12.1 Å². The highest BCUT2D eigenvalue weighted by atomic mass is 16.4. The molecule has 4 heteroatoms. The molecule has 0 spiro atoms. The number of benzene rings is 1. The van der Waals surface area contributed by atoms with Crippen molar-refractivity contribution in [2.45, 2.75) is 19.4 Å². The monoisotopic (exact) mass is 237 g/mol. The van der Waals surface area contributed by atoms with Gasteiger partial charge in [-0.1, -0.05) is 37.3 Å². The lowest BCUT2D eigenvalue weighted by molar-refractivity contribution is -0.137. The smallest absolute Gasteiger partial charge is 0.304 e. The number of aliphatic carboxylic acids is 1. The minimum absolute atomic E-state index is 0.106. The Morgan fingerprint density at radius 2 is 2.00 bits per heavy atom. The van der Waals surface area contributed by atoms with Crippen molar-refractivity contribution in [2.75, 3.05) is 19.6 Å². The van der Waals surface area contributed by atoms with Crippen LogP contribution in [-0.2, 0) is 4.79 Å². The van der Waals surface area contributed by atoms with Crippen LogP contribution in [0.3, 0.4) is 0 Å². The van der Waals surface area contributed by atoms with E-state index in [1.807, 2.05) is 42.2 Å². The molecule has 17 heavy (non-hydrogen) atoms. The summed E-state index contributed by atoms with van der Waals surface area (Å²) in [6, 6.07) is 9.40. The highest BCUT2D eigenvalue weighted by Gasteiger charge is 2.12. The number of aliphatic hydroxyl groups excluding tert-OH is 1. The van der Waals surface area contributed by atoms with Crippen LogP contribution in [0.15, 0.2) is 30.3 Å². The number of likely N-dealkylation sites (N-methyl/N-ethyl adjacent to an activating group) is 1. The number of rotatable bonds is 7. The first kappa shape index (κ1) is 13.7. The summed E-state index contributed by atoms with van der Waals surface area (Å²) >= 11 is 0. The number of hydrogen-bond acceptors (Lipinski definition) is 3. The van der Waals surface area contributed by atoms with Gasteiger partial charge in [0.2, 0.25) is 0 Å². The maximum Gasteiger partial charge on any atom is 0.304 e. The van der Waals surface area contributed by atoms with E-state index in [9.17, 15) is 9.90 Å². The molecular formula is C13H19NO3. The van der Waals surface area contributed by atoms with Crippen LogP contribution in [-0.4, -0.2) is 40.7 Å². The third-order valence-electron chi connectivity index (χ3n) is 2.70. The predicted octanol–water partition coefficient (Wildman–Crippen LogP) is 1.52. The van der Waals surface area contributed by atoms with Crippen molar-refractivity contribution in [2.24, 2.45) is 0 Å². The second kappa shape index (κ2) is 7.04. The number of aliphatic hydroxyl groups is 1. The maximum atomic E-state index is 10.5. The summed E-state index contributed by atoms with van der Waals surface area (Å²) in [4.78, 5) is 12.4. The highest BCUT2D eigenvalue weighted by Crippen LogP contribution is 2.13. The summed E-state index contributed by atoms with van der Waals surface area (Å²) in [5, 5.41) is 18.6. The molecule has 1 aromatic carbocycles. The van der Waals surface area contributed by atoms with E-state index >= 15 is 0 Å². The molecule has 1 rings (SSSR count). The fourth-order valence-corrected chi connectivity index (χ4v) is 1.66. The van der Waals surface area contributed by atoms with Gasteiger partial charge >= 0.3 is 5.97 Å². The van der Waals surface area contributed by atoms with Gasteiger partial charge in [-0.25, -0.2) is 0 Å². The molecule has 1 aromatic rings. The maximum absolute atomic E-state index is 10.5. The average molecular weight is 237 g/mol. The second-order valence-electron chi connectivity index (χ2n) is 3.96. The molecule has 0 aliphatic rings. The molecule has 0 saturated carbocycles. The molecule has 1 atom stereocenters. The first-order valence-electron chi connectivity index (χ1n) is 5.80. The van der Waals surface area contributed by atoms with E-state index in [-0.39, 0.29) is 6.42 Å². The van der Waals surface area contributed by atoms with Gasteiger partial charge in [0.25, 0.3) is 0 Å². The van der Waals surface area contributed by atoms with Crippen LogP contribution in [0.1, 0.15) is 25.0 Å². The van der Waals surface area contributed by atoms with Crippen LogP contribution in [0.2, 0.25) is 0 Å². The van der Waals surface area contributed by atoms with Crippen molar-refractivity contribution in [1.82, 2.24) is 4.90 Å². The zero-order valence-corrected chi connectivity index (χ0v) is 10.0. The first-order chi connectivity index (χ1) is 8.13. The molecule has 1 unspecified atom stereocenters. The molecule has 4 nitrogen and oxygen atoms in total. The van der Waals surface area contributed by atoms with Crippen molar-refractivity contribution in [3.8, 4) is 0 Å². The number of nitrogens with zero attached hydrogens (tertiary/aromatic N) is 1. The molecule has 0 saturated heterocycles. The normalized spacial score (nSPS) is 12.6. The van der Waals surface area contributed by atoms with Crippen LogP contribution in [0.5, 0.6) is 0 Å². The Morgan fingerprint density at radius 1 is 1.35 bits per heavy atom. The fourth-order valence-electron chi connectivity index (χ4n) is 1.66. The molecule has 2 N–H and O–H groups in total. The SMILES string of the molecule is CCN(CCC(=O)O)CC(O)c1ccccc1. The Bertz CT molecular complexity index is 340. The Kier molecular flexibility index (Phi) is 5.66. The molecule has 94 valence electrons. The third kappa shape index (κ3) is 4.97. The van der Waals surface area contributed by atoms with Gasteiger partial charge in [-0.2, -0.15) is 0 Å². The summed E-state index contributed by atoms with van der Waals surface area (Å²) in [7, 11) is 0. The quantitative estimate of drug-likeness (QED) is 0.754. The van der Waals surface area contributed by atoms with E-state index in [1.165, 1.54) is 0 Å². The van der Waals surface area contributed by atoms with Crippen molar-refractivity contribution >= 4 is 5.97 Å². The van der Waals surface area contributed by atoms with Crippen LogP contribution >= 0.6 is 0 Å². The van der Waals surface area contributed by atoms with Gasteiger partial charge in [-0.3, -0.25) is 4.79 Å². The molecule has 0 aliphatic heterocycles. The lowest BCUT2D eigenvalue weighted by Gasteiger charge is -2.23. The van der Waals surface area contributed by atoms with Gasteiger partial charge in [0.15, 0.2) is 0 Å². The minimum Gasteiger partial charge on any atom is -0.481 e. The van der Waals surface area contributed by atoms with Crippen LogP contribution in [0, 0.1) is 0 Å². The summed E-state index contributed by atoms with van der Waals surface area (Å²) in [6.45, 7) is 3.63. The van der Waals surface area contributed by atoms with Crippen LogP contribution < -0.4 is 0 Å². The Hall–Kier alpha value is -1.39. The topological polar surface area (TPSA) is 60.8 Å². The van der Waals surface area contributed by atoms with Crippen molar-refractivity contribution in [3.63, 3.8) is 0 Å². The molecule has 0 heterocycles. The molecule has 0 amide bonds. The van der Waals surface area contributed by atoms with Gasteiger partial charge < -0.3 is 15.1 Å². The highest BCUT2D eigenvalue weighted by molar-refractivity contribution is 5.66. The largest absolute Gasteiger partial charge is 0.481 e. The number of carboxylic acid groups (broad SMARTS) is 1. The summed E-state index contributed by atoms with van der Waals surface area (Å²) < 4.78 is 0. The minimum atomic E-state index is -0.808. The molecule has 0 aliphatic carbocycles. The second-order valence-corrected chi connectivity index (χ2v) is 3.96. The molecular weight excluding hydrogens is 218 g/mol. The van der Waals surface area contributed by atoms with Crippen molar-refractivity contribution < 1.29 is 15.0 Å². The van der Waals surface area contributed by atoms with Gasteiger partial charge in [0.05, 0.1) is 12.5 Å². The zero-order chi connectivity index (χ0) is 12.7. The third-order valence-corrected chi connectivity index (χ3v) is 2.70. The van der Waals surface area contributed by atoms with E-state index in [4.69, 9.17) is 5.11 Å². The van der Waals surface area contributed by atoms with Crippen LogP contribution in [0.4, 0.5) is 0 Å². The van der Waals surface area contributed by atoms with Crippen LogP contribution in [0.25, 0.3) is 0 Å². The van der Waals surface area contributed by atoms with Gasteiger partial charge in [-0.15, -0.1) is 0 Å². The van der Waals surface area contributed by atoms with E-state index in [0.29, 0.717) is 13.1 Å². The van der Waals surface area contributed by atoms with E-state index in [2.05, 4.69) is 0 Å². The first-order valence-corrected chi connectivity index (χ1v) is 5.80. The summed E-state index contributed by atoms with van der Waals surface area (Å²) in [5.41, 5.74) is 0.862. The van der Waals surface area contributed by atoms with Gasteiger partial charge in [-0.05, 0) is 12.1 Å². The summed E-state index contributed by atoms with van der Waals surface area (Å²) in [6.07, 6.45) is -0.458. The standard InChI is InChI=1S/C13H19NO3/c1-2-14(9-8-13(16)17)10-12(15)11-6-4-3-5-7-11/h3-7,12,15H,2,8-10H2,1H3,(H,16,17). The number of carboxylic acids is 1. The Balaban J connectivity index is 2.47. The lowest BCUT2D eigenvalue weighted by Crippen LogP contribution is -2.30.